The zero-order chi connectivity index (χ0) is 8.48. The molecule has 1 rings (SSSR count). The van der Waals surface area contributed by atoms with Crippen LogP contribution in [0.25, 0.3) is 0 Å². The van der Waals surface area contributed by atoms with E-state index in [4.69, 9.17) is 15.2 Å². The number of nitriles is 1. The lowest BCUT2D eigenvalue weighted by atomic mass is 10.4. The van der Waals surface area contributed by atoms with Gasteiger partial charge in [-0.2, -0.15) is 5.26 Å². The molecule has 11 heavy (non-hydrogen) atoms. The van der Waals surface area contributed by atoms with E-state index in [1.807, 2.05) is 6.07 Å². The van der Waals surface area contributed by atoms with Gasteiger partial charge in [-0.15, -0.1) is 11.3 Å². The summed E-state index contributed by atoms with van der Waals surface area (Å²) >= 11 is 1.22. The zero-order valence-electron chi connectivity index (χ0n) is 5.40. The molecular weight excluding hydrogens is 182 g/mol. The molecule has 1 heterocycles. The fraction of sp³-hybridized carbons (Fsp3) is 0. The molecule has 1 aromatic heterocycles. The molecular formula is C5H5N3OS2. The highest BCUT2D eigenvalue weighted by Crippen LogP contribution is 2.17. The lowest BCUT2D eigenvalue weighted by Crippen LogP contribution is -2.10. The van der Waals surface area contributed by atoms with E-state index in [0.29, 0.717) is 0 Å². The van der Waals surface area contributed by atoms with Crippen LogP contribution >= 0.6 is 11.3 Å². The Labute approximate surface area is 68.4 Å². The maximum Gasteiger partial charge on any atom is 0.134 e. The first-order chi connectivity index (χ1) is 5.05. The minimum absolute atomic E-state index is 0.130. The van der Waals surface area contributed by atoms with Crippen LogP contribution in [0.5, 0.6) is 0 Å². The first-order valence-electron chi connectivity index (χ1n) is 2.58. The van der Waals surface area contributed by atoms with Crippen molar-refractivity contribution >= 4 is 21.3 Å². The van der Waals surface area contributed by atoms with Gasteiger partial charge in [0.15, 0.2) is 0 Å². The Bertz CT molecular complexity index is 398. The maximum absolute atomic E-state index is 10.9. The van der Waals surface area contributed by atoms with Gasteiger partial charge in [0.25, 0.3) is 0 Å². The van der Waals surface area contributed by atoms with Gasteiger partial charge in [-0.3, -0.25) is 0 Å². The Balaban J connectivity index is 3.39. The van der Waals surface area contributed by atoms with Crippen molar-refractivity contribution in [3.05, 3.63) is 16.3 Å². The number of rotatable bonds is 1. The highest BCUT2D eigenvalue weighted by Gasteiger charge is 2.10. The summed E-state index contributed by atoms with van der Waals surface area (Å²) < 4.78 is 17.9. The van der Waals surface area contributed by atoms with Crippen molar-refractivity contribution in [2.75, 3.05) is 0 Å². The summed E-state index contributed by atoms with van der Waals surface area (Å²) in [6.07, 6.45) is 0. The van der Waals surface area contributed by atoms with Gasteiger partial charge in [-0.25, -0.2) is 14.1 Å². The van der Waals surface area contributed by atoms with Gasteiger partial charge in [0.05, 0.1) is 10.5 Å². The molecule has 0 saturated heterocycles. The Hall–Kier alpha value is -0.900. The first kappa shape index (κ1) is 8.20. The van der Waals surface area contributed by atoms with Crippen LogP contribution in [0.3, 0.4) is 0 Å². The Morgan fingerprint density at radius 2 is 2.36 bits per heavy atom. The van der Waals surface area contributed by atoms with Gasteiger partial charge >= 0.3 is 0 Å². The van der Waals surface area contributed by atoms with Crippen molar-refractivity contribution in [1.29, 1.82) is 10.0 Å². The first-order valence-corrected chi connectivity index (χ1v) is 5.15. The van der Waals surface area contributed by atoms with Gasteiger partial charge in [-0.1, -0.05) is 0 Å². The summed E-state index contributed by atoms with van der Waals surface area (Å²) in [5.74, 6) is 0. The van der Waals surface area contributed by atoms with Crippen molar-refractivity contribution in [3.8, 4) is 6.07 Å². The highest BCUT2D eigenvalue weighted by atomic mass is 32.2. The lowest BCUT2D eigenvalue weighted by molar-refractivity contribution is 0.676. The number of hydrogen-bond acceptors (Lipinski definition) is 4. The normalized spacial score (nSPS) is 15.3. The van der Waals surface area contributed by atoms with E-state index in [1.165, 1.54) is 22.1 Å². The molecule has 0 fully saturated rings. The maximum atomic E-state index is 10.9. The predicted octanol–water partition coefficient (Wildman–Crippen LogP) is 0.899. The van der Waals surface area contributed by atoms with E-state index < -0.39 is 9.92 Å². The van der Waals surface area contributed by atoms with Crippen LogP contribution in [0, 0.1) is 16.1 Å². The molecule has 0 radical (unpaired) electrons. The predicted molar refractivity (Wildman–Crippen MR) is 42.3 cm³/mol. The fourth-order valence-electron chi connectivity index (χ4n) is 0.602. The third-order valence-corrected chi connectivity index (χ3v) is 2.96. The minimum Gasteiger partial charge on any atom is -0.241 e. The van der Waals surface area contributed by atoms with E-state index >= 15 is 0 Å². The molecule has 0 spiro atoms. The van der Waals surface area contributed by atoms with Gasteiger partial charge in [0.1, 0.15) is 16.0 Å². The molecule has 3 N–H and O–H groups in total. The second-order valence-electron chi connectivity index (χ2n) is 1.86. The van der Waals surface area contributed by atoms with Crippen molar-refractivity contribution in [2.45, 2.75) is 4.90 Å². The second kappa shape index (κ2) is 2.62. The lowest BCUT2D eigenvalue weighted by Gasteiger charge is -1.94. The third-order valence-electron chi connectivity index (χ3n) is 1.07. The van der Waals surface area contributed by atoms with Crippen LogP contribution < -0.4 is 5.14 Å². The molecule has 0 aromatic carbocycles. The number of thiophene rings is 1. The Morgan fingerprint density at radius 1 is 1.73 bits per heavy atom. The smallest absolute Gasteiger partial charge is 0.134 e. The standard InChI is InChI=1S/C5H5N3OS2/c6-1-4-2-10-3-5(4)11(7,8)9/h2-3H,(H3,7,8,9). The molecule has 1 atom stereocenters. The van der Waals surface area contributed by atoms with Crippen LogP contribution in [-0.2, 0) is 9.92 Å². The number of hydrogen-bond donors (Lipinski definition) is 2. The minimum atomic E-state index is -3.21. The summed E-state index contributed by atoms with van der Waals surface area (Å²) in [5.41, 5.74) is 0.234. The van der Waals surface area contributed by atoms with Crippen molar-refractivity contribution in [2.24, 2.45) is 5.14 Å². The molecule has 0 aliphatic carbocycles. The summed E-state index contributed by atoms with van der Waals surface area (Å²) in [4.78, 5) is 0.130. The SMILES string of the molecule is N#Cc1cscc1S(=N)(N)=O. The van der Waals surface area contributed by atoms with E-state index in [-0.39, 0.29) is 10.5 Å². The average Bonchev–Trinajstić information content (AvgIpc) is 2.31. The van der Waals surface area contributed by atoms with Gasteiger partial charge in [0, 0.05) is 10.8 Å². The highest BCUT2D eigenvalue weighted by molar-refractivity contribution is 7.90. The zero-order valence-corrected chi connectivity index (χ0v) is 7.04. The monoisotopic (exact) mass is 187 g/mol. The summed E-state index contributed by atoms with van der Waals surface area (Å²) in [7, 11) is -3.21. The van der Waals surface area contributed by atoms with Gasteiger partial charge in [-0.05, 0) is 0 Å². The van der Waals surface area contributed by atoms with Crippen LogP contribution in [0.1, 0.15) is 5.56 Å². The van der Waals surface area contributed by atoms with Crippen LogP contribution in [0.4, 0.5) is 0 Å². The van der Waals surface area contributed by atoms with Gasteiger partial charge < -0.3 is 0 Å². The van der Waals surface area contributed by atoms with E-state index in [9.17, 15) is 4.21 Å². The quantitative estimate of drug-likeness (QED) is 0.683. The summed E-state index contributed by atoms with van der Waals surface area (Å²) in [6, 6.07) is 1.81. The molecule has 58 valence electrons. The molecule has 0 bridgehead atoms. The van der Waals surface area contributed by atoms with Crippen LogP contribution in [0.15, 0.2) is 15.7 Å². The van der Waals surface area contributed by atoms with Crippen molar-refractivity contribution in [1.82, 2.24) is 0 Å². The Kier molecular flexibility index (Phi) is 1.95. The number of nitrogens with one attached hydrogen (secondary N) is 1. The van der Waals surface area contributed by atoms with Gasteiger partial charge in [0.2, 0.25) is 0 Å². The van der Waals surface area contributed by atoms with Crippen LogP contribution in [0.2, 0.25) is 0 Å². The average molecular weight is 187 g/mol. The van der Waals surface area contributed by atoms with E-state index in [1.54, 1.807) is 0 Å². The van der Waals surface area contributed by atoms with E-state index in [2.05, 4.69) is 0 Å². The topological polar surface area (TPSA) is 90.7 Å². The molecule has 0 aliphatic heterocycles. The van der Waals surface area contributed by atoms with Crippen molar-refractivity contribution < 1.29 is 4.21 Å². The van der Waals surface area contributed by atoms with Crippen LogP contribution in [-0.4, -0.2) is 4.21 Å². The summed E-state index contributed by atoms with van der Waals surface area (Å²) in [5, 5.41) is 16.5. The molecule has 0 saturated carbocycles. The molecule has 1 aromatic rings. The third kappa shape index (κ3) is 1.57. The fourth-order valence-corrected chi connectivity index (χ4v) is 2.48. The molecule has 6 heteroatoms. The molecule has 4 nitrogen and oxygen atoms in total. The number of nitrogens with two attached hydrogens (primary N) is 1. The molecule has 0 amide bonds. The largest absolute Gasteiger partial charge is 0.241 e. The molecule has 0 aliphatic rings. The molecule has 1 unspecified atom stereocenters. The number of nitrogens with zero attached hydrogens (tertiary/aromatic N) is 1. The summed E-state index contributed by atoms with van der Waals surface area (Å²) in [6.45, 7) is 0. The van der Waals surface area contributed by atoms with Crippen molar-refractivity contribution in [3.63, 3.8) is 0 Å². The Morgan fingerprint density at radius 3 is 2.73 bits per heavy atom. The van der Waals surface area contributed by atoms with E-state index in [0.717, 1.165) is 0 Å². The second-order valence-corrected chi connectivity index (χ2v) is 4.25.